The molecule has 2 aromatic carbocycles. The van der Waals surface area contributed by atoms with Crippen molar-refractivity contribution in [2.24, 2.45) is 0 Å². The molecule has 0 amide bonds. The van der Waals surface area contributed by atoms with E-state index in [2.05, 4.69) is 14.9 Å². The zero-order valence-electron chi connectivity index (χ0n) is 14.0. The fourth-order valence-electron chi connectivity index (χ4n) is 2.54. The number of nitrogens with one attached hydrogen (secondary N) is 1. The van der Waals surface area contributed by atoms with Crippen LogP contribution in [0, 0.1) is 0 Å². The molecule has 0 spiro atoms. The Morgan fingerprint density at radius 1 is 1.00 bits per heavy atom. The van der Waals surface area contributed by atoms with E-state index in [0.29, 0.717) is 5.82 Å². The van der Waals surface area contributed by atoms with Crippen molar-refractivity contribution in [2.75, 3.05) is 0 Å². The van der Waals surface area contributed by atoms with Gasteiger partial charge in [-0.25, -0.2) is 13.1 Å². The smallest absolute Gasteiger partial charge is 0.240 e. The van der Waals surface area contributed by atoms with Crippen LogP contribution in [-0.2, 0) is 23.1 Å². The predicted octanol–water partition coefficient (Wildman–Crippen LogP) is 2.83. The quantitative estimate of drug-likeness (QED) is 0.706. The number of aromatic nitrogens is 3. The number of benzene rings is 2. The third kappa shape index (κ3) is 4.12. The molecule has 7 heteroatoms. The minimum Gasteiger partial charge on any atom is -0.316 e. The van der Waals surface area contributed by atoms with Crippen LogP contribution in [0.2, 0.25) is 0 Å². The molecule has 0 saturated carbocycles. The Balaban J connectivity index is 1.73. The van der Waals surface area contributed by atoms with Crippen LogP contribution in [0.4, 0.5) is 0 Å². The molecule has 0 unspecified atom stereocenters. The van der Waals surface area contributed by atoms with Crippen molar-refractivity contribution < 1.29 is 8.42 Å². The zero-order chi connectivity index (χ0) is 17.7. The van der Waals surface area contributed by atoms with Gasteiger partial charge in [-0.05, 0) is 29.7 Å². The molecule has 0 fully saturated rings. The van der Waals surface area contributed by atoms with E-state index < -0.39 is 10.0 Å². The molecule has 0 atom stereocenters. The van der Waals surface area contributed by atoms with Gasteiger partial charge in [0.25, 0.3) is 0 Å². The van der Waals surface area contributed by atoms with Crippen molar-refractivity contribution in [2.45, 2.75) is 31.3 Å². The molecule has 0 aliphatic rings. The fourth-order valence-corrected chi connectivity index (χ4v) is 3.52. The molecule has 1 heterocycles. The van der Waals surface area contributed by atoms with Gasteiger partial charge >= 0.3 is 0 Å². The monoisotopic (exact) mass is 356 g/mol. The molecule has 6 nitrogen and oxygen atoms in total. The summed E-state index contributed by atoms with van der Waals surface area (Å²) in [7, 11) is -3.60. The van der Waals surface area contributed by atoms with Gasteiger partial charge < -0.3 is 4.57 Å². The predicted molar refractivity (Wildman–Crippen MR) is 96.2 cm³/mol. The molecule has 0 saturated heterocycles. The summed E-state index contributed by atoms with van der Waals surface area (Å²) >= 11 is 0. The summed E-state index contributed by atoms with van der Waals surface area (Å²) in [4.78, 5) is 0.230. The van der Waals surface area contributed by atoms with Crippen molar-refractivity contribution in [3.8, 4) is 11.1 Å². The van der Waals surface area contributed by atoms with Gasteiger partial charge in [-0.2, -0.15) is 0 Å². The first-order valence-corrected chi connectivity index (χ1v) is 9.60. The van der Waals surface area contributed by atoms with Crippen LogP contribution < -0.4 is 4.72 Å². The number of sulfonamides is 1. The molecular formula is C18H20N4O2S. The van der Waals surface area contributed by atoms with Crippen LogP contribution in [-0.4, -0.2) is 23.2 Å². The number of hydrogen-bond acceptors (Lipinski definition) is 4. The van der Waals surface area contributed by atoms with Crippen molar-refractivity contribution in [3.63, 3.8) is 0 Å². The molecule has 1 aromatic heterocycles. The van der Waals surface area contributed by atoms with Crippen LogP contribution >= 0.6 is 0 Å². The van der Waals surface area contributed by atoms with E-state index in [9.17, 15) is 8.42 Å². The van der Waals surface area contributed by atoms with Crippen LogP contribution in [0.15, 0.2) is 65.8 Å². The number of hydrogen-bond donors (Lipinski definition) is 1. The molecule has 0 aliphatic heterocycles. The molecule has 0 aliphatic carbocycles. The largest absolute Gasteiger partial charge is 0.316 e. The topological polar surface area (TPSA) is 76.9 Å². The molecule has 3 rings (SSSR count). The van der Waals surface area contributed by atoms with Gasteiger partial charge in [-0.1, -0.05) is 49.4 Å². The number of aryl methyl sites for hydroxylation is 1. The third-order valence-corrected chi connectivity index (χ3v) is 5.27. The first-order chi connectivity index (χ1) is 12.1. The average molecular weight is 356 g/mol. The van der Waals surface area contributed by atoms with Crippen LogP contribution in [0.3, 0.4) is 0 Å². The Morgan fingerprint density at radius 3 is 2.36 bits per heavy atom. The Kier molecular flexibility index (Phi) is 5.25. The molecule has 130 valence electrons. The van der Waals surface area contributed by atoms with E-state index in [1.807, 2.05) is 54.0 Å². The van der Waals surface area contributed by atoms with E-state index in [-0.39, 0.29) is 11.4 Å². The summed E-state index contributed by atoms with van der Waals surface area (Å²) in [5.74, 6) is 0.603. The molecule has 1 N–H and O–H groups in total. The van der Waals surface area contributed by atoms with E-state index in [1.165, 1.54) is 0 Å². The Labute approximate surface area is 147 Å². The van der Waals surface area contributed by atoms with Gasteiger partial charge in [0.1, 0.15) is 12.2 Å². The van der Waals surface area contributed by atoms with Crippen LogP contribution in [0.1, 0.15) is 19.2 Å². The van der Waals surface area contributed by atoms with Gasteiger partial charge in [0.15, 0.2) is 0 Å². The molecule has 3 aromatic rings. The second-order valence-electron chi connectivity index (χ2n) is 5.66. The standard InChI is InChI=1S/C18H20N4O2S/c1-2-12-22-14-19-21-18(22)13-20-25(23,24)17-10-8-16(9-11-17)15-6-4-3-5-7-15/h3-11,14,20H,2,12-13H2,1H3. The third-order valence-electron chi connectivity index (χ3n) is 3.85. The van der Waals surface area contributed by atoms with Crippen molar-refractivity contribution in [3.05, 3.63) is 66.7 Å². The lowest BCUT2D eigenvalue weighted by atomic mass is 10.1. The summed E-state index contributed by atoms with van der Waals surface area (Å²) in [5.41, 5.74) is 2.02. The van der Waals surface area contributed by atoms with Gasteiger partial charge in [0.05, 0.1) is 11.4 Å². The summed E-state index contributed by atoms with van der Waals surface area (Å²) in [5, 5.41) is 7.81. The maximum Gasteiger partial charge on any atom is 0.240 e. The number of rotatable bonds is 7. The first-order valence-electron chi connectivity index (χ1n) is 8.12. The molecule has 0 radical (unpaired) electrons. The van der Waals surface area contributed by atoms with Crippen molar-refractivity contribution in [1.82, 2.24) is 19.5 Å². The van der Waals surface area contributed by atoms with Gasteiger partial charge in [-0.3, -0.25) is 0 Å². The lowest BCUT2D eigenvalue weighted by Gasteiger charge is -2.09. The highest BCUT2D eigenvalue weighted by atomic mass is 32.2. The Bertz CT molecular complexity index is 919. The maximum absolute atomic E-state index is 12.5. The van der Waals surface area contributed by atoms with E-state index in [1.54, 1.807) is 18.5 Å². The van der Waals surface area contributed by atoms with E-state index in [4.69, 9.17) is 0 Å². The van der Waals surface area contributed by atoms with Gasteiger partial charge in [0.2, 0.25) is 10.0 Å². The lowest BCUT2D eigenvalue weighted by Crippen LogP contribution is -2.25. The van der Waals surface area contributed by atoms with E-state index in [0.717, 1.165) is 24.1 Å². The molecule has 25 heavy (non-hydrogen) atoms. The minimum absolute atomic E-state index is 0.114. The second kappa shape index (κ2) is 7.58. The highest BCUT2D eigenvalue weighted by molar-refractivity contribution is 7.89. The van der Waals surface area contributed by atoms with E-state index >= 15 is 0 Å². The van der Waals surface area contributed by atoms with Crippen molar-refractivity contribution in [1.29, 1.82) is 0 Å². The Hall–Kier alpha value is -2.51. The number of nitrogens with zero attached hydrogens (tertiary/aromatic N) is 3. The zero-order valence-corrected chi connectivity index (χ0v) is 14.8. The lowest BCUT2D eigenvalue weighted by molar-refractivity contribution is 0.572. The molecule has 0 bridgehead atoms. The van der Waals surface area contributed by atoms with Crippen molar-refractivity contribution >= 4 is 10.0 Å². The van der Waals surface area contributed by atoms with Gasteiger partial charge in [-0.15, -0.1) is 10.2 Å². The summed E-state index contributed by atoms with van der Waals surface area (Å²) in [6.45, 7) is 2.92. The average Bonchev–Trinajstić information content (AvgIpc) is 3.09. The highest BCUT2D eigenvalue weighted by Gasteiger charge is 2.15. The Morgan fingerprint density at radius 2 is 1.68 bits per heavy atom. The molecular weight excluding hydrogens is 336 g/mol. The minimum atomic E-state index is -3.60. The van der Waals surface area contributed by atoms with Crippen LogP contribution in [0.25, 0.3) is 11.1 Å². The first kappa shape index (κ1) is 17.3. The maximum atomic E-state index is 12.5. The highest BCUT2D eigenvalue weighted by Crippen LogP contribution is 2.21. The summed E-state index contributed by atoms with van der Waals surface area (Å²) < 4.78 is 29.4. The van der Waals surface area contributed by atoms with Gasteiger partial charge in [0, 0.05) is 6.54 Å². The fraction of sp³-hybridized carbons (Fsp3) is 0.222. The summed E-state index contributed by atoms with van der Waals surface area (Å²) in [6, 6.07) is 16.7. The normalized spacial score (nSPS) is 11.6. The summed E-state index contributed by atoms with van der Waals surface area (Å²) in [6.07, 6.45) is 2.54. The second-order valence-corrected chi connectivity index (χ2v) is 7.42. The SMILES string of the molecule is CCCn1cnnc1CNS(=O)(=O)c1ccc(-c2ccccc2)cc1. The van der Waals surface area contributed by atoms with Crippen LogP contribution in [0.5, 0.6) is 0 Å².